The zero-order valence-electron chi connectivity index (χ0n) is 16.9. The molecule has 8 nitrogen and oxygen atoms in total. The van der Waals surface area contributed by atoms with Crippen LogP contribution in [0.25, 0.3) is 0 Å². The molecule has 0 spiro atoms. The van der Waals surface area contributed by atoms with Gasteiger partial charge in [-0.25, -0.2) is 13.2 Å². The van der Waals surface area contributed by atoms with Gasteiger partial charge < -0.3 is 15.0 Å². The third-order valence-electron chi connectivity index (χ3n) is 4.34. The fraction of sp³-hybridized carbons (Fsp3) is 0.579. The van der Waals surface area contributed by atoms with Gasteiger partial charge in [0.25, 0.3) is 0 Å². The Hall–Kier alpha value is -2.13. The van der Waals surface area contributed by atoms with Gasteiger partial charge in [0.05, 0.1) is 4.90 Å². The Balaban J connectivity index is 1.87. The van der Waals surface area contributed by atoms with Gasteiger partial charge in [-0.15, -0.1) is 0 Å². The lowest BCUT2D eigenvalue weighted by Gasteiger charge is -2.34. The van der Waals surface area contributed by atoms with Crippen LogP contribution in [0.4, 0.5) is 4.79 Å². The minimum atomic E-state index is -3.58. The Labute approximate surface area is 166 Å². The molecule has 1 aliphatic rings. The second-order valence-corrected chi connectivity index (χ2v) is 9.58. The number of rotatable bonds is 5. The predicted molar refractivity (Wildman–Crippen MR) is 105 cm³/mol. The van der Waals surface area contributed by atoms with Crippen molar-refractivity contribution in [2.45, 2.75) is 44.6 Å². The maximum absolute atomic E-state index is 12.8. The normalized spacial score (nSPS) is 15.9. The Morgan fingerprint density at radius 1 is 1.07 bits per heavy atom. The molecule has 0 bridgehead atoms. The maximum Gasteiger partial charge on any atom is 0.408 e. The van der Waals surface area contributed by atoms with Gasteiger partial charge in [0.2, 0.25) is 15.9 Å². The number of alkyl carbamates (subject to hydrolysis) is 1. The van der Waals surface area contributed by atoms with Crippen LogP contribution in [0.5, 0.6) is 0 Å². The summed E-state index contributed by atoms with van der Waals surface area (Å²) in [6.07, 6.45) is 0.191. The van der Waals surface area contributed by atoms with Crippen LogP contribution in [-0.4, -0.2) is 67.9 Å². The Bertz CT molecular complexity index is 792. The number of nitrogens with zero attached hydrogens (tertiary/aromatic N) is 2. The van der Waals surface area contributed by atoms with Crippen LogP contribution in [-0.2, 0) is 26.0 Å². The number of amides is 2. The Morgan fingerprint density at radius 2 is 1.64 bits per heavy atom. The smallest absolute Gasteiger partial charge is 0.408 e. The van der Waals surface area contributed by atoms with Crippen LogP contribution >= 0.6 is 0 Å². The van der Waals surface area contributed by atoms with Crippen LogP contribution in [0.15, 0.2) is 29.2 Å². The van der Waals surface area contributed by atoms with E-state index in [9.17, 15) is 18.0 Å². The summed E-state index contributed by atoms with van der Waals surface area (Å²) in [5.74, 6) is -0.268. The van der Waals surface area contributed by atoms with Crippen molar-refractivity contribution in [1.29, 1.82) is 0 Å². The summed E-state index contributed by atoms with van der Waals surface area (Å²) in [6, 6.07) is 6.87. The van der Waals surface area contributed by atoms with Crippen molar-refractivity contribution >= 4 is 22.0 Å². The fourth-order valence-corrected chi connectivity index (χ4v) is 4.22. The molecule has 9 heteroatoms. The molecule has 0 radical (unpaired) electrons. The average molecular weight is 412 g/mol. The highest BCUT2D eigenvalue weighted by atomic mass is 32.2. The molecule has 1 aliphatic heterocycles. The van der Waals surface area contributed by atoms with Crippen molar-refractivity contribution in [3.8, 4) is 0 Å². The lowest BCUT2D eigenvalue weighted by Crippen LogP contribution is -2.52. The van der Waals surface area contributed by atoms with Crippen molar-refractivity contribution in [2.24, 2.45) is 0 Å². The van der Waals surface area contributed by atoms with Gasteiger partial charge in [-0.05, 0) is 44.9 Å². The van der Waals surface area contributed by atoms with Gasteiger partial charge in [-0.1, -0.05) is 19.1 Å². The van der Waals surface area contributed by atoms with Crippen LogP contribution in [0.1, 0.15) is 33.3 Å². The number of carbonyl (C=O) groups excluding carboxylic acids is 2. The minimum absolute atomic E-state index is 0.180. The van der Waals surface area contributed by atoms with Crippen molar-refractivity contribution in [1.82, 2.24) is 14.5 Å². The van der Waals surface area contributed by atoms with Crippen LogP contribution < -0.4 is 5.32 Å². The van der Waals surface area contributed by atoms with Crippen molar-refractivity contribution in [3.05, 3.63) is 29.8 Å². The predicted octanol–water partition coefficient (Wildman–Crippen LogP) is 1.61. The molecule has 156 valence electrons. The zero-order valence-corrected chi connectivity index (χ0v) is 17.7. The average Bonchev–Trinajstić information content (AvgIpc) is 2.65. The molecule has 1 aromatic rings. The molecule has 1 fully saturated rings. The van der Waals surface area contributed by atoms with Gasteiger partial charge in [0, 0.05) is 26.2 Å². The second-order valence-electron chi connectivity index (χ2n) is 7.64. The number of sulfonamides is 1. The summed E-state index contributed by atoms with van der Waals surface area (Å²) in [5.41, 5.74) is 0.439. The monoisotopic (exact) mass is 411 g/mol. The molecule has 1 N–H and O–H groups in total. The summed E-state index contributed by atoms with van der Waals surface area (Å²) in [4.78, 5) is 25.7. The second kappa shape index (κ2) is 8.91. The number of ether oxygens (including phenoxy) is 1. The molecule has 1 saturated heterocycles. The van der Waals surface area contributed by atoms with Crippen molar-refractivity contribution in [3.63, 3.8) is 0 Å². The quantitative estimate of drug-likeness (QED) is 0.794. The third-order valence-corrected chi connectivity index (χ3v) is 6.26. The highest BCUT2D eigenvalue weighted by molar-refractivity contribution is 7.89. The highest BCUT2D eigenvalue weighted by Gasteiger charge is 2.30. The van der Waals surface area contributed by atoms with E-state index < -0.39 is 21.7 Å². The van der Waals surface area contributed by atoms with E-state index in [2.05, 4.69) is 5.32 Å². The van der Waals surface area contributed by atoms with E-state index in [0.29, 0.717) is 0 Å². The van der Waals surface area contributed by atoms with Crippen LogP contribution in [0, 0.1) is 0 Å². The highest BCUT2D eigenvalue weighted by Crippen LogP contribution is 2.18. The van der Waals surface area contributed by atoms with E-state index >= 15 is 0 Å². The lowest BCUT2D eigenvalue weighted by atomic mass is 10.2. The third kappa shape index (κ3) is 5.93. The van der Waals surface area contributed by atoms with Crippen molar-refractivity contribution in [2.75, 3.05) is 32.7 Å². The number of carbonyl (C=O) groups is 2. The minimum Gasteiger partial charge on any atom is -0.444 e. The summed E-state index contributed by atoms with van der Waals surface area (Å²) in [5, 5.41) is 2.43. The number of benzene rings is 1. The molecule has 0 aromatic heterocycles. The molecule has 28 heavy (non-hydrogen) atoms. The van der Waals surface area contributed by atoms with E-state index in [4.69, 9.17) is 4.74 Å². The van der Waals surface area contributed by atoms with Gasteiger partial charge in [0.15, 0.2) is 0 Å². The Morgan fingerprint density at radius 3 is 2.14 bits per heavy atom. The molecule has 0 saturated carbocycles. The van der Waals surface area contributed by atoms with E-state index in [1.807, 2.05) is 19.1 Å². The molecule has 0 unspecified atom stereocenters. The number of hydrogen-bond donors (Lipinski definition) is 1. The first-order valence-electron chi connectivity index (χ1n) is 9.36. The number of aryl methyl sites for hydroxylation is 1. The number of nitrogens with one attached hydrogen (secondary N) is 1. The summed E-state index contributed by atoms with van der Waals surface area (Å²) < 4.78 is 32.0. The van der Waals surface area contributed by atoms with Crippen molar-refractivity contribution < 1.29 is 22.7 Å². The van der Waals surface area contributed by atoms with E-state index in [-0.39, 0.29) is 43.5 Å². The van der Waals surface area contributed by atoms with Crippen LogP contribution in [0.2, 0.25) is 0 Å². The van der Waals surface area contributed by atoms with Gasteiger partial charge in [-0.2, -0.15) is 4.31 Å². The van der Waals surface area contributed by atoms with Gasteiger partial charge in [-0.3, -0.25) is 4.79 Å². The maximum atomic E-state index is 12.8. The summed E-state index contributed by atoms with van der Waals surface area (Å²) >= 11 is 0. The Kier molecular flexibility index (Phi) is 7.06. The molecule has 1 heterocycles. The molecular formula is C19H29N3O5S. The summed E-state index contributed by atoms with van der Waals surface area (Å²) in [7, 11) is -3.58. The molecular weight excluding hydrogens is 382 g/mol. The first-order valence-corrected chi connectivity index (χ1v) is 10.8. The molecule has 0 aliphatic carbocycles. The van der Waals surface area contributed by atoms with E-state index in [1.165, 1.54) is 4.31 Å². The van der Waals surface area contributed by atoms with Gasteiger partial charge in [0.1, 0.15) is 12.1 Å². The molecule has 1 aromatic carbocycles. The zero-order chi connectivity index (χ0) is 20.9. The SMILES string of the molecule is CCc1ccc(S(=O)(=O)N2CCN(C(=O)CNC(=O)OC(C)(C)C)CC2)cc1. The largest absolute Gasteiger partial charge is 0.444 e. The summed E-state index contributed by atoms with van der Waals surface area (Å²) in [6.45, 7) is 8.05. The number of piperazine rings is 1. The topological polar surface area (TPSA) is 96.0 Å². The molecule has 2 amide bonds. The first-order chi connectivity index (χ1) is 13.0. The van der Waals surface area contributed by atoms with Gasteiger partial charge >= 0.3 is 6.09 Å². The standard InChI is InChI=1S/C19H29N3O5S/c1-5-15-6-8-16(9-7-15)28(25,26)22-12-10-21(11-13-22)17(23)14-20-18(24)27-19(2,3)4/h6-9H,5,10-14H2,1-4H3,(H,20,24). The van der Waals surface area contributed by atoms with Crippen LogP contribution in [0.3, 0.4) is 0 Å². The first kappa shape index (κ1) is 22.2. The van der Waals surface area contributed by atoms with E-state index in [1.54, 1.807) is 37.8 Å². The number of hydrogen-bond acceptors (Lipinski definition) is 5. The molecule has 0 atom stereocenters. The lowest BCUT2D eigenvalue weighted by molar-refractivity contribution is -0.131. The fourth-order valence-electron chi connectivity index (χ4n) is 2.80. The van der Waals surface area contributed by atoms with E-state index in [0.717, 1.165) is 12.0 Å². The molecule has 2 rings (SSSR count).